The quantitative estimate of drug-likeness (QED) is 0.365. The van der Waals surface area contributed by atoms with E-state index in [9.17, 15) is 22.8 Å². The molecule has 37 heavy (non-hydrogen) atoms. The van der Waals surface area contributed by atoms with E-state index >= 15 is 0 Å². The molecule has 0 aliphatic rings. The van der Waals surface area contributed by atoms with Gasteiger partial charge in [0, 0.05) is 24.2 Å². The number of nitrogens with zero attached hydrogens (tertiary/aromatic N) is 5. The second-order valence-electron chi connectivity index (χ2n) is 7.25. The van der Waals surface area contributed by atoms with Crippen molar-refractivity contribution in [3.8, 4) is 0 Å². The molecule has 0 spiro atoms. The van der Waals surface area contributed by atoms with Gasteiger partial charge >= 0.3 is 6.18 Å². The Hall–Kier alpha value is -3.97. The molecule has 3 aromatic rings. The Kier molecular flexibility index (Phi) is 8.84. The molecule has 3 aromatic heterocycles. The number of carbonyl (C=O) groups excluding carboxylic acids is 2. The number of alkyl halides is 3. The van der Waals surface area contributed by atoms with Crippen molar-refractivity contribution < 1.29 is 22.8 Å². The highest BCUT2D eigenvalue weighted by atomic mass is 35.5. The first-order valence-corrected chi connectivity index (χ1v) is 11.7. The van der Waals surface area contributed by atoms with E-state index in [0.717, 1.165) is 17.5 Å². The maximum atomic E-state index is 13.0. The van der Waals surface area contributed by atoms with E-state index in [-0.39, 0.29) is 16.4 Å². The molecule has 3 rings (SSSR count). The van der Waals surface area contributed by atoms with Crippen molar-refractivity contribution in [3.05, 3.63) is 81.6 Å². The van der Waals surface area contributed by atoms with Crippen molar-refractivity contribution in [1.82, 2.24) is 25.3 Å². The Bertz CT molecular complexity index is 1390. The average Bonchev–Trinajstić information content (AvgIpc) is 3.36. The Morgan fingerprint density at radius 3 is 2.54 bits per heavy atom. The molecule has 0 aliphatic carbocycles. The summed E-state index contributed by atoms with van der Waals surface area (Å²) in [5.41, 5.74) is 0.131. The lowest BCUT2D eigenvalue weighted by Gasteiger charge is -2.11. The molecule has 0 fully saturated rings. The van der Waals surface area contributed by atoms with Crippen LogP contribution >= 0.6 is 22.9 Å². The Morgan fingerprint density at radius 1 is 1.14 bits per heavy atom. The zero-order chi connectivity index (χ0) is 27.2. The zero-order valence-corrected chi connectivity index (χ0v) is 20.9. The molecular weight excluding hydrogens is 531 g/mol. The minimum atomic E-state index is -4.71. The number of anilines is 1. The fourth-order valence-corrected chi connectivity index (χ4v) is 3.91. The highest BCUT2D eigenvalue weighted by Gasteiger charge is 2.34. The van der Waals surface area contributed by atoms with E-state index < -0.39 is 34.6 Å². The van der Waals surface area contributed by atoms with Gasteiger partial charge in [0.15, 0.2) is 0 Å². The van der Waals surface area contributed by atoms with E-state index in [4.69, 9.17) is 11.6 Å². The Morgan fingerprint density at radius 2 is 1.86 bits per heavy atom. The van der Waals surface area contributed by atoms with Gasteiger partial charge in [0.25, 0.3) is 11.8 Å². The summed E-state index contributed by atoms with van der Waals surface area (Å²) in [6.45, 7) is 6.97. The summed E-state index contributed by atoms with van der Waals surface area (Å²) in [4.78, 5) is 45.3. The molecule has 192 valence electrons. The van der Waals surface area contributed by atoms with Crippen LogP contribution in [-0.2, 0) is 6.18 Å². The number of amides is 2. The number of aliphatic imine (C=N–C) groups is 1. The number of pyridine rings is 1. The fraction of sp³-hybridized carbons (Fsp3) is 0.174. The smallest absolute Gasteiger partial charge is 0.342 e. The molecule has 0 radical (unpaired) electrons. The van der Waals surface area contributed by atoms with E-state index in [1.165, 1.54) is 24.8 Å². The molecule has 9 nitrogen and oxygen atoms in total. The molecule has 0 saturated heterocycles. The second kappa shape index (κ2) is 11.8. The SMILES string of the molecule is C=CN=C/C(=C\C)c1cc(C(=O)NC(C)c2ncc(C(=O)Nc3cc(C(F)(F)F)c(Cl)cn3)s2)ncn1. The molecule has 0 aliphatic heterocycles. The van der Waals surface area contributed by atoms with Gasteiger partial charge in [0.1, 0.15) is 27.7 Å². The maximum absolute atomic E-state index is 13.0. The van der Waals surface area contributed by atoms with Crippen LogP contribution in [0.3, 0.4) is 0 Å². The van der Waals surface area contributed by atoms with Crippen LogP contribution in [0.4, 0.5) is 19.0 Å². The van der Waals surface area contributed by atoms with Gasteiger partial charge in [-0.2, -0.15) is 13.2 Å². The van der Waals surface area contributed by atoms with Gasteiger partial charge in [0.05, 0.1) is 28.5 Å². The lowest BCUT2D eigenvalue weighted by molar-refractivity contribution is -0.137. The van der Waals surface area contributed by atoms with Gasteiger partial charge in [-0.05, 0) is 26.0 Å². The minimum Gasteiger partial charge on any atom is -0.342 e. The van der Waals surface area contributed by atoms with Crippen LogP contribution in [0.15, 0.2) is 54.7 Å². The number of aromatic nitrogens is 4. The molecule has 14 heteroatoms. The summed E-state index contributed by atoms with van der Waals surface area (Å²) in [6.07, 6.45) is 3.28. The van der Waals surface area contributed by atoms with Crippen molar-refractivity contribution >= 4 is 52.4 Å². The fourth-order valence-electron chi connectivity index (χ4n) is 2.89. The third-order valence-electron chi connectivity index (χ3n) is 4.69. The molecule has 0 saturated carbocycles. The number of carbonyl (C=O) groups is 2. The topological polar surface area (TPSA) is 122 Å². The monoisotopic (exact) mass is 549 g/mol. The van der Waals surface area contributed by atoms with E-state index in [0.29, 0.717) is 22.3 Å². The molecule has 2 amide bonds. The minimum absolute atomic E-state index is 0.102. The number of hydrogen-bond acceptors (Lipinski definition) is 8. The maximum Gasteiger partial charge on any atom is 0.418 e. The predicted molar refractivity (Wildman–Crippen MR) is 135 cm³/mol. The third-order valence-corrected chi connectivity index (χ3v) is 6.17. The van der Waals surface area contributed by atoms with Crippen molar-refractivity contribution in [2.75, 3.05) is 5.32 Å². The highest BCUT2D eigenvalue weighted by molar-refractivity contribution is 7.13. The van der Waals surface area contributed by atoms with Crippen molar-refractivity contribution in [2.24, 2.45) is 4.99 Å². The number of halogens is 4. The largest absolute Gasteiger partial charge is 0.418 e. The van der Waals surface area contributed by atoms with Gasteiger partial charge in [-0.15, -0.1) is 11.3 Å². The van der Waals surface area contributed by atoms with Crippen LogP contribution in [0.2, 0.25) is 5.02 Å². The van der Waals surface area contributed by atoms with Gasteiger partial charge in [0.2, 0.25) is 0 Å². The first kappa shape index (κ1) is 27.6. The second-order valence-corrected chi connectivity index (χ2v) is 8.72. The van der Waals surface area contributed by atoms with E-state index in [2.05, 4.69) is 42.1 Å². The standard InChI is InChI=1S/C23H19ClF3N7O2S/c1-4-13(8-28-5-2)16-7-17(32-11-31-16)20(35)33-12(3)22-30-10-18(37-22)21(36)34-19-6-14(23(25,26)27)15(24)9-29-19/h4-12H,2H2,1,3H3,(H,33,35)(H,29,34,36)/b13-4+,28-8?. The summed E-state index contributed by atoms with van der Waals surface area (Å²) in [7, 11) is 0. The summed E-state index contributed by atoms with van der Waals surface area (Å²) in [6, 6.07) is 1.54. The molecule has 1 atom stereocenters. The average molecular weight is 550 g/mol. The van der Waals surface area contributed by atoms with Gasteiger partial charge < -0.3 is 10.6 Å². The van der Waals surface area contributed by atoms with Crippen LogP contribution in [0.1, 0.15) is 56.3 Å². The summed E-state index contributed by atoms with van der Waals surface area (Å²) < 4.78 is 39.1. The zero-order valence-electron chi connectivity index (χ0n) is 19.4. The third kappa shape index (κ3) is 7.05. The highest BCUT2D eigenvalue weighted by Crippen LogP contribution is 2.35. The Labute approximate surface area is 218 Å². The first-order chi connectivity index (χ1) is 17.5. The number of rotatable bonds is 8. The van der Waals surface area contributed by atoms with Crippen LogP contribution < -0.4 is 10.6 Å². The number of hydrogen-bond donors (Lipinski definition) is 2. The van der Waals surface area contributed by atoms with Crippen molar-refractivity contribution in [3.63, 3.8) is 0 Å². The Balaban J connectivity index is 1.69. The molecule has 0 aromatic carbocycles. The predicted octanol–water partition coefficient (Wildman–Crippen LogP) is 5.36. The van der Waals surface area contributed by atoms with Crippen LogP contribution in [0, 0.1) is 0 Å². The molecular formula is C23H19ClF3N7O2S. The lowest BCUT2D eigenvalue weighted by Crippen LogP contribution is -2.27. The van der Waals surface area contributed by atoms with Crippen LogP contribution in [-0.4, -0.2) is 38.0 Å². The van der Waals surface area contributed by atoms with Gasteiger partial charge in [-0.25, -0.2) is 19.9 Å². The van der Waals surface area contributed by atoms with Crippen LogP contribution in [0.25, 0.3) is 5.57 Å². The normalized spacial score (nSPS) is 12.9. The lowest BCUT2D eigenvalue weighted by atomic mass is 10.1. The number of allylic oxidation sites excluding steroid dienone is 2. The molecule has 1 unspecified atom stereocenters. The first-order valence-electron chi connectivity index (χ1n) is 10.5. The van der Waals surface area contributed by atoms with E-state index in [1.807, 2.05) is 0 Å². The molecule has 2 N–H and O–H groups in total. The molecule has 3 heterocycles. The van der Waals surface area contributed by atoms with Crippen molar-refractivity contribution in [1.29, 1.82) is 0 Å². The summed E-state index contributed by atoms with van der Waals surface area (Å²) in [5, 5.41) is 4.83. The molecule has 0 bridgehead atoms. The summed E-state index contributed by atoms with van der Waals surface area (Å²) in [5.74, 6) is -1.54. The van der Waals surface area contributed by atoms with Crippen LogP contribution in [0.5, 0.6) is 0 Å². The van der Waals surface area contributed by atoms with Gasteiger partial charge in [-0.1, -0.05) is 24.3 Å². The van der Waals surface area contributed by atoms with E-state index in [1.54, 1.807) is 26.1 Å². The van der Waals surface area contributed by atoms with Crippen molar-refractivity contribution in [2.45, 2.75) is 26.1 Å². The van der Waals surface area contributed by atoms with Gasteiger partial charge in [-0.3, -0.25) is 14.6 Å². The number of thiazole rings is 1. The summed E-state index contributed by atoms with van der Waals surface area (Å²) >= 11 is 6.51. The number of nitrogens with one attached hydrogen (secondary N) is 2.